The van der Waals surface area contributed by atoms with Crippen molar-refractivity contribution in [2.45, 2.75) is 76.0 Å². The highest BCUT2D eigenvalue weighted by Crippen LogP contribution is 2.42. The second-order valence-corrected chi connectivity index (χ2v) is 19.5. The first-order valence-corrected chi connectivity index (χ1v) is 18.8. The molecule has 0 aliphatic rings. The average Bonchev–Trinajstić information content (AvgIpc) is 3.59. The summed E-state index contributed by atoms with van der Waals surface area (Å²) >= 11 is 0. The van der Waals surface area contributed by atoms with E-state index in [9.17, 15) is 12.8 Å². The van der Waals surface area contributed by atoms with Crippen LogP contribution in [-0.4, -0.2) is 42.1 Å². The second kappa shape index (κ2) is 12.8. The van der Waals surface area contributed by atoms with Crippen molar-refractivity contribution in [2.75, 3.05) is 6.61 Å². The summed E-state index contributed by atoms with van der Waals surface area (Å²) in [5.41, 5.74) is 4.11. The average molecular weight is 633 g/mol. The lowest BCUT2D eigenvalue weighted by Gasteiger charge is -2.42. The molecule has 0 amide bonds. The van der Waals surface area contributed by atoms with Gasteiger partial charge in [0, 0.05) is 42.1 Å². The van der Waals surface area contributed by atoms with Crippen LogP contribution in [0.1, 0.15) is 48.0 Å². The predicted molar refractivity (Wildman–Crippen MR) is 177 cm³/mol. The molecule has 2 aromatic carbocycles. The highest BCUT2D eigenvalue weighted by molar-refractivity contribution is 7.90. The van der Waals surface area contributed by atoms with E-state index in [1.165, 1.54) is 16.1 Å². The SMILES string of the molecule is CC(C)[Si](OCCCn1cc(-c2cc3cccnc3n2S(=O)(=O)c2ccccc2)c(-c2ccc(F)cc2)n1)(C(C)C)C(C)C. The monoisotopic (exact) mass is 632 g/mol. The van der Waals surface area contributed by atoms with Gasteiger partial charge in [0.2, 0.25) is 0 Å². The third-order valence-electron chi connectivity index (χ3n) is 8.55. The molecule has 0 aliphatic carbocycles. The predicted octanol–water partition coefficient (Wildman–Crippen LogP) is 8.53. The maximum atomic E-state index is 14.1. The number of nitrogens with zero attached hydrogens (tertiary/aromatic N) is 4. The van der Waals surface area contributed by atoms with Crippen molar-refractivity contribution in [3.05, 3.63) is 91.0 Å². The highest BCUT2D eigenvalue weighted by Gasteiger charge is 2.44. The lowest BCUT2D eigenvalue weighted by molar-refractivity contribution is 0.263. The van der Waals surface area contributed by atoms with Crippen molar-refractivity contribution >= 4 is 29.4 Å². The van der Waals surface area contributed by atoms with Gasteiger partial charge in [-0.05, 0) is 77.6 Å². The molecule has 3 aromatic heterocycles. The summed E-state index contributed by atoms with van der Waals surface area (Å²) in [4.78, 5) is 4.62. The second-order valence-electron chi connectivity index (χ2n) is 12.2. The van der Waals surface area contributed by atoms with E-state index in [0.29, 0.717) is 63.3 Å². The number of halogens is 1. The van der Waals surface area contributed by atoms with E-state index in [-0.39, 0.29) is 10.7 Å². The number of rotatable bonds is 12. The molecule has 0 radical (unpaired) electrons. The Balaban J connectivity index is 1.57. The number of hydrogen-bond donors (Lipinski definition) is 0. The standard InChI is InChI=1S/C34H41FN4O3SSi/c1-24(2)44(25(3)4,26(5)6)42-21-11-20-38-23-31(33(37-38)27-15-17-29(35)18-16-27)32-22-28-12-10-19-36-34(28)39(32)43(40,41)30-13-8-7-9-14-30/h7-10,12-19,22-26H,11,20-21H2,1-6H3. The molecule has 0 bridgehead atoms. The zero-order valence-corrected chi connectivity index (χ0v) is 28.1. The van der Waals surface area contributed by atoms with Crippen molar-refractivity contribution in [1.82, 2.24) is 18.7 Å². The van der Waals surface area contributed by atoms with Crippen LogP contribution in [0.2, 0.25) is 16.6 Å². The van der Waals surface area contributed by atoms with E-state index in [2.05, 4.69) is 46.5 Å². The van der Waals surface area contributed by atoms with Crippen molar-refractivity contribution < 1.29 is 17.2 Å². The third-order valence-corrected chi connectivity index (χ3v) is 16.4. The Hall–Kier alpha value is -3.60. The van der Waals surface area contributed by atoms with Crippen LogP contribution in [0, 0.1) is 5.82 Å². The van der Waals surface area contributed by atoms with Gasteiger partial charge in [0.05, 0.1) is 10.6 Å². The van der Waals surface area contributed by atoms with Gasteiger partial charge in [-0.25, -0.2) is 21.8 Å². The molecule has 0 N–H and O–H groups in total. The molecule has 5 rings (SSSR count). The van der Waals surface area contributed by atoms with E-state index in [4.69, 9.17) is 9.52 Å². The largest absolute Gasteiger partial charge is 0.416 e. The maximum absolute atomic E-state index is 14.1. The Morgan fingerprint density at radius 1 is 0.886 bits per heavy atom. The zero-order valence-electron chi connectivity index (χ0n) is 26.2. The fourth-order valence-electron chi connectivity index (χ4n) is 6.66. The van der Waals surface area contributed by atoms with E-state index >= 15 is 0 Å². The fraction of sp³-hybridized carbons (Fsp3) is 0.353. The van der Waals surface area contributed by atoms with Gasteiger partial charge in [0.25, 0.3) is 10.0 Å². The lowest BCUT2D eigenvalue weighted by atomic mass is 10.1. The minimum atomic E-state index is -4.02. The van der Waals surface area contributed by atoms with Crippen LogP contribution in [0.15, 0.2) is 90.1 Å². The van der Waals surface area contributed by atoms with Gasteiger partial charge >= 0.3 is 0 Å². The van der Waals surface area contributed by atoms with Gasteiger partial charge in [-0.2, -0.15) is 5.10 Å². The van der Waals surface area contributed by atoms with Gasteiger partial charge in [-0.1, -0.05) is 59.7 Å². The molecule has 0 aliphatic heterocycles. The van der Waals surface area contributed by atoms with Crippen molar-refractivity contribution in [3.8, 4) is 22.5 Å². The minimum absolute atomic E-state index is 0.158. The maximum Gasteiger partial charge on any atom is 0.269 e. The first-order chi connectivity index (χ1) is 21.0. The van der Waals surface area contributed by atoms with Crippen LogP contribution in [0.3, 0.4) is 0 Å². The minimum Gasteiger partial charge on any atom is -0.416 e. The molecule has 44 heavy (non-hydrogen) atoms. The van der Waals surface area contributed by atoms with E-state index in [1.807, 2.05) is 23.0 Å². The van der Waals surface area contributed by atoms with Crippen LogP contribution in [0.4, 0.5) is 4.39 Å². The van der Waals surface area contributed by atoms with Crippen molar-refractivity contribution in [1.29, 1.82) is 0 Å². The summed E-state index contributed by atoms with van der Waals surface area (Å²) in [5.74, 6) is -0.357. The fourth-order valence-corrected chi connectivity index (χ4v) is 13.7. The van der Waals surface area contributed by atoms with Gasteiger partial charge in [0.15, 0.2) is 14.0 Å². The molecule has 3 heterocycles. The first-order valence-electron chi connectivity index (χ1n) is 15.2. The number of aryl methyl sites for hydroxylation is 1. The number of pyridine rings is 1. The molecule has 232 valence electrons. The van der Waals surface area contributed by atoms with Crippen LogP contribution < -0.4 is 0 Å². The van der Waals surface area contributed by atoms with E-state index in [1.54, 1.807) is 54.7 Å². The summed E-state index contributed by atoms with van der Waals surface area (Å²) in [5, 5.41) is 5.60. The molecule has 10 heteroatoms. The van der Waals surface area contributed by atoms with Crippen LogP contribution in [0.5, 0.6) is 0 Å². The molecule has 0 saturated heterocycles. The number of hydrogen-bond acceptors (Lipinski definition) is 5. The van der Waals surface area contributed by atoms with E-state index in [0.717, 1.165) is 6.42 Å². The van der Waals surface area contributed by atoms with Crippen LogP contribution in [0.25, 0.3) is 33.5 Å². The molecule has 7 nitrogen and oxygen atoms in total. The Kier molecular flexibility index (Phi) is 9.24. The smallest absolute Gasteiger partial charge is 0.269 e. The van der Waals surface area contributed by atoms with Gasteiger partial charge in [0.1, 0.15) is 11.5 Å². The molecule has 0 fully saturated rings. The summed E-state index contributed by atoms with van der Waals surface area (Å²) < 4.78 is 52.0. The molecule has 0 spiro atoms. The number of aromatic nitrogens is 4. The number of fused-ring (bicyclic) bond motifs is 1. The van der Waals surface area contributed by atoms with Gasteiger partial charge in [-0.15, -0.1) is 0 Å². The normalized spacial score (nSPS) is 12.7. The Morgan fingerprint density at radius 2 is 1.55 bits per heavy atom. The topological polar surface area (TPSA) is 79.0 Å². The highest BCUT2D eigenvalue weighted by atomic mass is 32.2. The van der Waals surface area contributed by atoms with Gasteiger partial charge < -0.3 is 4.43 Å². The first kappa shape index (κ1) is 31.8. The molecular formula is C34H41FN4O3SSi. The van der Waals surface area contributed by atoms with Crippen LogP contribution >= 0.6 is 0 Å². The van der Waals surface area contributed by atoms with Crippen molar-refractivity contribution in [2.24, 2.45) is 0 Å². The number of benzene rings is 2. The van der Waals surface area contributed by atoms with Gasteiger partial charge in [-0.3, -0.25) is 4.68 Å². The Morgan fingerprint density at radius 3 is 2.18 bits per heavy atom. The lowest BCUT2D eigenvalue weighted by Crippen LogP contribution is -2.48. The molecule has 0 saturated carbocycles. The summed E-state index contributed by atoms with van der Waals surface area (Å²) in [7, 11) is -6.02. The third kappa shape index (κ3) is 5.90. The summed E-state index contributed by atoms with van der Waals surface area (Å²) in [6.07, 6.45) is 4.21. The zero-order chi connectivity index (χ0) is 31.6. The quantitative estimate of drug-likeness (QED) is 0.102. The summed E-state index contributed by atoms with van der Waals surface area (Å²) in [6.45, 7) is 14.9. The van der Waals surface area contributed by atoms with Crippen molar-refractivity contribution in [3.63, 3.8) is 0 Å². The molecular weight excluding hydrogens is 592 g/mol. The summed E-state index contributed by atoms with van der Waals surface area (Å²) in [6, 6.07) is 19.9. The Bertz CT molecular complexity index is 1810. The molecule has 0 atom stereocenters. The van der Waals surface area contributed by atoms with Crippen LogP contribution in [-0.2, 0) is 21.0 Å². The molecule has 0 unspecified atom stereocenters. The van der Waals surface area contributed by atoms with E-state index < -0.39 is 18.3 Å². The molecule has 5 aromatic rings. The Labute approximate surface area is 260 Å².